The second kappa shape index (κ2) is 6.44. The average Bonchev–Trinajstić information content (AvgIpc) is 3.21. The molecule has 2 aliphatic rings. The Labute approximate surface area is 140 Å². The van der Waals surface area contributed by atoms with E-state index in [2.05, 4.69) is 23.5 Å². The Morgan fingerprint density at radius 3 is 3.04 bits per heavy atom. The molecular formula is C19H21NO2S. The van der Waals surface area contributed by atoms with Crippen LogP contribution in [0.25, 0.3) is 0 Å². The molecule has 0 bridgehead atoms. The molecule has 3 nitrogen and oxygen atoms in total. The highest BCUT2D eigenvalue weighted by Gasteiger charge is 2.24. The van der Waals surface area contributed by atoms with Gasteiger partial charge in [-0.3, -0.25) is 4.79 Å². The number of hydrogen-bond acceptors (Lipinski definition) is 3. The number of hydrogen-bond donors (Lipinski definition) is 1. The summed E-state index contributed by atoms with van der Waals surface area (Å²) in [5.41, 5.74) is 4.10. The van der Waals surface area contributed by atoms with E-state index >= 15 is 0 Å². The maximum absolute atomic E-state index is 12.3. The molecule has 0 saturated carbocycles. The molecule has 0 aliphatic heterocycles. The summed E-state index contributed by atoms with van der Waals surface area (Å²) in [6.45, 7) is 0. The van der Waals surface area contributed by atoms with Crippen LogP contribution in [-0.4, -0.2) is 11.7 Å². The molecule has 0 spiro atoms. The number of thioether (sulfide) groups is 1. The van der Waals surface area contributed by atoms with Crippen LogP contribution in [0.3, 0.4) is 0 Å². The summed E-state index contributed by atoms with van der Waals surface area (Å²) in [6.07, 6.45) is 8.44. The van der Waals surface area contributed by atoms with Crippen molar-refractivity contribution in [3.05, 3.63) is 53.0 Å². The molecule has 1 heterocycles. The molecule has 1 aromatic heterocycles. The zero-order valence-corrected chi connectivity index (χ0v) is 14.0. The molecule has 120 valence electrons. The Morgan fingerprint density at radius 1 is 1.17 bits per heavy atom. The number of fused-ring (bicyclic) bond motifs is 2. The van der Waals surface area contributed by atoms with Gasteiger partial charge in [0.15, 0.2) is 0 Å². The summed E-state index contributed by atoms with van der Waals surface area (Å²) in [5, 5.41) is 3.16. The van der Waals surface area contributed by atoms with Gasteiger partial charge in [-0.25, -0.2) is 0 Å². The number of rotatable bonds is 4. The van der Waals surface area contributed by atoms with Crippen molar-refractivity contribution in [3.8, 4) is 0 Å². The van der Waals surface area contributed by atoms with Gasteiger partial charge < -0.3 is 9.73 Å². The minimum atomic E-state index is 0.106. The first-order valence-electron chi connectivity index (χ1n) is 8.40. The highest BCUT2D eigenvalue weighted by atomic mass is 32.2. The molecule has 1 unspecified atom stereocenters. The molecule has 2 aromatic rings. The molecule has 0 radical (unpaired) electrons. The van der Waals surface area contributed by atoms with Crippen molar-refractivity contribution in [1.82, 2.24) is 5.32 Å². The number of furan rings is 1. The topological polar surface area (TPSA) is 42.2 Å². The third-order valence-electron chi connectivity index (χ3n) is 4.83. The van der Waals surface area contributed by atoms with Crippen molar-refractivity contribution in [2.24, 2.45) is 0 Å². The number of carbonyl (C=O) groups is 1. The molecule has 4 rings (SSSR count). The van der Waals surface area contributed by atoms with E-state index in [1.807, 2.05) is 6.07 Å². The average molecular weight is 327 g/mol. The van der Waals surface area contributed by atoms with Crippen LogP contribution in [0.4, 0.5) is 0 Å². The number of amides is 1. The summed E-state index contributed by atoms with van der Waals surface area (Å²) in [5.74, 6) is 1.62. The standard InChI is InChI=1S/C19H21NO2S/c21-19(20-17-5-2-6-18-16(17)9-10-22-18)12-23-15-8-7-13-3-1-4-14(13)11-15/h7-11,17H,1-6,12H2,(H,20,21). The Kier molecular flexibility index (Phi) is 4.17. The fourth-order valence-corrected chi connectivity index (χ4v) is 4.43. The Hall–Kier alpha value is -1.68. The van der Waals surface area contributed by atoms with Crippen molar-refractivity contribution < 1.29 is 9.21 Å². The smallest absolute Gasteiger partial charge is 0.230 e. The number of aryl methyl sites for hydroxylation is 3. The molecule has 1 aromatic carbocycles. The highest BCUT2D eigenvalue weighted by molar-refractivity contribution is 8.00. The molecule has 1 amide bonds. The second-order valence-electron chi connectivity index (χ2n) is 6.38. The van der Waals surface area contributed by atoms with Gasteiger partial charge in [0.25, 0.3) is 0 Å². The molecule has 1 atom stereocenters. The van der Waals surface area contributed by atoms with Crippen LogP contribution in [0, 0.1) is 0 Å². The molecule has 2 aliphatic carbocycles. The number of benzene rings is 1. The SMILES string of the molecule is O=C(CSc1ccc2c(c1)CCC2)NC1CCCc2occc21. The van der Waals surface area contributed by atoms with E-state index in [0.717, 1.165) is 30.6 Å². The minimum absolute atomic E-state index is 0.106. The monoisotopic (exact) mass is 327 g/mol. The van der Waals surface area contributed by atoms with E-state index in [1.165, 1.54) is 35.3 Å². The summed E-state index contributed by atoms with van der Waals surface area (Å²) in [7, 11) is 0. The lowest BCUT2D eigenvalue weighted by Gasteiger charge is -2.22. The van der Waals surface area contributed by atoms with E-state index in [-0.39, 0.29) is 11.9 Å². The van der Waals surface area contributed by atoms with Gasteiger partial charge in [-0.15, -0.1) is 11.8 Å². The van der Waals surface area contributed by atoms with Crippen LogP contribution >= 0.6 is 11.8 Å². The maximum atomic E-state index is 12.3. The van der Waals surface area contributed by atoms with Crippen LogP contribution in [0.1, 0.15) is 47.8 Å². The van der Waals surface area contributed by atoms with Crippen molar-refractivity contribution >= 4 is 17.7 Å². The zero-order valence-electron chi connectivity index (χ0n) is 13.1. The van der Waals surface area contributed by atoms with Gasteiger partial charge in [0, 0.05) is 16.9 Å². The van der Waals surface area contributed by atoms with Crippen molar-refractivity contribution in [1.29, 1.82) is 0 Å². The summed E-state index contributed by atoms with van der Waals surface area (Å²) < 4.78 is 5.48. The van der Waals surface area contributed by atoms with E-state index in [1.54, 1.807) is 18.0 Å². The van der Waals surface area contributed by atoms with E-state index in [9.17, 15) is 4.79 Å². The molecular weight excluding hydrogens is 306 g/mol. The lowest BCUT2D eigenvalue weighted by molar-refractivity contribution is -0.119. The maximum Gasteiger partial charge on any atom is 0.230 e. The van der Waals surface area contributed by atoms with Crippen LogP contribution in [0.15, 0.2) is 39.8 Å². The minimum Gasteiger partial charge on any atom is -0.469 e. The predicted octanol–water partition coefficient (Wildman–Crippen LogP) is 4.05. The van der Waals surface area contributed by atoms with E-state index in [4.69, 9.17) is 4.42 Å². The highest BCUT2D eigenvalue weighted by Crippen LogP contribution is 2.31. The summed E-state index contributed by atoms with van der Waals surface area (Å²) in [6, 6.07) is 8.74. The number of nitrogens with one attached hydrogen (secondary N) is 1. The van der Waals surface area contributed by atoms with Gasteiger partial charge in [-0.1, -0.05) is 6.07 Å². The van der Waals surface area contributed by atoms with Gasteiger partial charge in [0.2, 0.25) is 5.91 Å². The van der Waals surface area contributed by atoms with Gasteiger partial charge in [0.05, 0.1) is 18.1 Å². The molecule has 23 heavy (non-hydrogen) atoms. The summed E-state index contributed by atoms with van der Waals surface area (Å²) in [4.78, 5) is 13.5. The largest absolute Gasteiger partial charge is 0.469 e. The van der Waals surface area contributed by atoms with Crippen LogP contribution < -0.4 is 5.32 Å². The molecule has 4 heteroatoms. The van der Waals surface area contributed by atoms with E-state index in [0.29, 0.717) is 5.75 Å². The lowest BCUT2D eigenvalue weighted by Crippen LogP contribution is -2.31. The Morgan fingerprint density at radius 2 is 2.09 bits per heavy atom. The lowest BCUT2D eigenvalue weighted by atomic mass is 9.93. The van der Waals surface area contributed by atoms with Crippen molar-refractivity contribution in [3.63, 3.8) is 0 Å². The molecule has 0 saturated heterocycles. The Balaban J connectivity index is 1.34. The second-order valence-corrected chi connectivity index (χ2v) is 7.43. The first-order valence-corrected chi connectivity index (χ1v) is 9.38. The van der Waals surface area contributed by atoms with Gasteiger partial charge in [-0.05, 0) is 61.4 Å². The van der Waals surface area contributed by atoms with Gasteiger partial charge >= 0.3 is 0 Å². The number of carbonyl (C=O) groups excluding carboxylic acids is 1. The predicted molar refractivity (Wildman–Crippen MR) is 91.7 cm³/mol. The third-order valence-corrected chi connectivity index (χ3v) is 5.82. The quantitative estimate of drug-likeness (QED) is 0.861. The van der Waals surface area contributed by atoms with Crippen molar-refractivity contribution in [2.75, 3.05) is 5.75 Å². The zero-order chi connectivity index (χ0) is 15.6. The van der Waals surface area contributed by atoms with E-state index < -0.39 is 0 Å². The Bertz CT molecular complexity index is 722. The van der Waals surface area contributed by atoms with Crippen LogP contribution in [0.5, 0.6) is 0 Å². The molecule has 0 fully saturated rings. The fourth-order valence-electron chi connectivity index (χ4n) is 3.66. The normalized spacial score (nSPS) is 19.2. The van der Waals surface area contributed by atoms with Gasteiger partial charge in [-0.2, -0.15) is 0 Å². The van der Waals surface area contributed by atoms with Gasteiger partial charge in [0.1, 0.15) is 5.76 Å². The fraction of sp³-hybridized carbons (Fsp3) is 0.421. The summed E-state index contributed by atoms with van der Waals surface area (Å²) >= 11 is 1.63. The first-order chi connectivity index (χ1) is 11.3. The molecule has 1 N–H and O–H groups in total. The third kappa shape index (κ3) is 3.18. The van der Waals surface area contributed by atoms with Crippen molar-refractivity contribution in [2.45, 2.75) is 49.5 Å². The first kappa shape index (κ1) is 14.9. The van der Waals surface area contributed by atoms with Crippen LogP contribution in [-0.2, 0) is 24.1 Å². The van der Waals surface area contributed by atoms with Crippen LogP contribution in [0.2, 0.25) is 0 Å².